The van der Waals surface area contributed by atoms with E-state index in [-0.39, 0.29) is 6.04 Å². The molecule has 1 aliphatic heterocycles. The number of aliphatic imine (C=N–C) groups is 1. The van der Waals surface area contributed by atoms with Crippen LogP contribution < -0.4 is 10.6 Å². The number of nitrogens with two attached hydrogens (primary N) is 1. The monoisotopic (exact) mass is 272 g/mol. The highest BCUT2D eigenvalue weighted by molar-refractivity contribution is 5.78. The van der Waals surface area contributed by atoms with E-state index in [1.807, 2.05) is 13.0 Å². The van der Waals surface area contributed by atoms with Crippen LogP contribution in [0.4, 0.5) is 5.95 Å². The van der Waals surface area contributed by atoms with Crippen molar-refractivity contribution in [2.45, 2.75) is 19.4 Å². The van der Waals surface area contributed by atoms with Crippen LogP contribution in [0, 0.1) is 12.3 Å². The van der Waals surface area contributed by atoms with Crippen molar-refractivity contribution in [2.24, 2.45) is 10.7 Å². The molecule has 2 heterocycles. The van der Waals surface area contributed by atoms with Crippen molar-refractivity contribution in [3.8, 4) is 12.3 Å². The number of guanidine groups is 1. The van der Waals surface area contributed by atoms with E-state index in [4.69, 9.17) is 12.2 Å². The molecule has 0 aromatic carbocycles. The van der Waals surface area contributed by atoms with Gasteiger partial charge in [-0.15, -0.1) is 6.42 Å². The minimum absolute atomic E-state index is 0.134. The maximum absolute atomic E-state index is 6.02. The zero-order valence-corrected chi connectivity index (χ0v) is 11.7. The van der Waals surface area contributed by atoms with Gasteiger partial charge in [-0.25, -0.2) is 15.0 Å². The summed E-state index contributed by atoms with van der Waals surface area (Å²) in [6.45, 7) is 5.26. The smallest absolute Gasteiger partial charge is 0.225 e. The van der Waals surface area contributed by atoms with E-state index in [9.17, 15) is 0 Å². The van der Waals surface area contributed by atoms with Gasteiger partial charge in [-0.2, -0.15) is 0 Å². The molecule has 1 aromatic rings. The molecule has 6 nitrogen and oxygen atoms in total. The summed E-state index contributed by atoms with van der Waals surface area (Å²) in [5.74, 6) is 3.92. The number of aromatic nitrogens is 2. The van der Waals surface area contributed by atoms with Crippen molar-refractivity contribution < 1.29 is 0 Å². The summed E-state index contributed by atoms with van der Waals surface area (Å²) in [5, 5.41) is 0. The van der Waals surface area contributed by atoms with Crippen LogP contribution >= 0.6 is 0 Å². The molecule has 0 aliphatic carbocycles. The number of rotatable bonds is 3. The molecule has 20 heavy (non-hydrogen) atoms. The molecule has 0 amide bonds. The molecule has 0 bridgehead atoms. The van der Waals surface area contributed by atoms with Crippen molar-refractivity contribution in [2.75, 3.05) is 31.1 Å². The van der Waals surface area contributed by atoms with Gasteiger partial charge >= 0.3 is 0 Å². The Hall–Kier alpha value is -2.29. The Morgan fingerprint density at radius 2 is 2.05 bits per heavy atom. The van der Waals surface area contributed by atoms with E-state index >= 15 is 0 Å². The van der Waals surface area contributed by atoms with E-state index in [0.29, 0.717) is 5.96 Å². The molecule has 2 rings (SSSR count). The lowest BCUT2D eigenvalue weighted by Crippen LogP contribution is -2.51. The third-order valence-electron chi connectivity index (χ3n) is 3.31. The zero-order valence-electron chi connectivity index (χ0n) is 11.7. The topological polar surface area (TPSA) is 70.6 Å². The Labute approximate surface area is 119 Å². The minimum atomic E-state index is -0.134. The normalized spacial score (nSPS) is 17.7. The van der Waals surface area contributed by atoms with Gasteiger partial charge < -0.3 is 15.5 Å². The van der Waals surface area contributed by atoms with E-state index in [0.717, 1.165) is 38.5 Å². The molecule has 106 valence electrons. The molecule has 0 spiro atoms. The lowest BCUT2D eigenvalue weighted by atomic mass is 10.2. The standard InChI is InChI=1S/C14H20N6/c1-3-12(4-2)18-13(15)19-8-10-20(11-9-19)14-16-6-5-7-17-14/h1,5-7,12H,4,8-11H2,2H3,(H2,15,18). The second-order valence-corrected chi connectivity index (χ2v) is 4.60. The predicted octanol–water partition coefficient (Wildman–Crippen LogP) is 0.325. The van der Waals surface area contributed by atoms with Gasteiger partial charge in [0.05, 0.1) is 0 Å². The van der Waals surface area contributed by atoms with Crippen LogP contribution in [0.25, 0.3) is 0 Å². The fourth-order valence-electron chi connectivity index (χ4n) is 2.08. The molecule has 0 saturated carbocycles. The van der Waals surface area contributed by atoms with Gasteiger partial charge in [0.15, 0.2) is 5.96 Å². The summed E-state index contributed by atoms with van der Waals surface area (Å²) >= 11 is 0. The summed E-state index contributed by atoms with van der Waals surface area (Å²) in [6.07, 6.45) is 9.71. The third kappa shape index (κ3) is 3.38. The van der Waals surface area contributed by atoms with Crippen LogP contribution in [0.5, 0.6) is 0 Å². The summed E-state index contributed by atoms with van der Waals surface area (Å²) < 4.78 is 0. The summed E-state index contributed by atoms with van der Waals surface area (Å²) in [6, 6.07) is 1.68. The Kier molecular flexibility index (Phi) is 4.77. The fourth-order valence-corrected chi connectivity index (χ4v) is 2.08. The number of hydrogen-bond donors (Lipinski definition) is 1. The maximum Gasteiger partial charge on any atom is 0.225 e. The molecule has 6 heteroatoms. The molecular weight excluding hydrogens is 252 g/mol. The average Bonchev–Trinajstić information content (AvgIpc) is 2.53. The van der Waals surface area contributed by atoms with E-state index in [2.05, 4.69) is 30.7 Å². The molecule has 1 saturated heterocycles. The van der Waals surface area contributed by atoms with Crippen LogP contribution in [0.15, 0.2) is 23.5 Å². The van der Waals surface area contributed by atoms with Crippen molar-refractivity contribution in [3.05, 3.63) is 18.5 Å². The van der Waals surface area contributed by atoms with Gasteiger partial charge in [0.1, 0.15) is 6.04 Å². The number of hydrogen-bond acceptors (Lipinski definition) is 4. The van der Waals surface area contributed by atoms with Crippen molar-refractivity contribution in [3.63, 3.8) is 0 Å². The van der Waals surface area contributed by atoms with Crippen molar-refractivity contribution in [1.82, 2.24) is 14.9 Å². The molecule has 2 N–H and O–H groups in total. The second-order valence-electron chi connectivity index (χ2n) is 4.60. The number of piperazine rings is 1. The molecule has 1 fully saturated rings. The first-order valence-corrected chi connectivity index (χ1v) is 6.81. The first kappa shape index (κ1) is 14.1. The summed E-state index contributed by atoms with van der Waals surface area (Å²) in [4.78, 5) is 17.1. The molecule has 1 unspecified atom stereocenters. The number of nitrogens with zero attached hydrogens (tertiary/aromatic N) is 5. The fraction of sp³-hybridized carbons (Fsp3) is 0.500. The minimum Gasteiger partial charge on any atom is -0.370 e. The Morgan fingerprint density at radius 3 is 2.60 bits per heavy atom. The van der Waals surface area contributed by atoms with E-state index < -0.39 is 0 Å². The molecule has 0 radical (unpaired) electrons. The van der Waals surface area contributed by atoms with Crippen LogP contribution in [-0.2, 0) is 0 Å². The van der Waals surface area contributed by atoms with E-state index in [1.165, 1.54) is 0 Å². The first-order valence-electron chi connectivity index (χ1n) is 6.81. The predicted molar refractivity (Wildman–Crippen MR) is 80.4 cm³/mol. The first-order chi connectivity index (χ1) is 9.74. The molecule has 1 aromatic heterocycles. The van der Waals surface area contributed by atoms with Gasteiger partial charge in [0.2, 0.25) is 5.95 Å². The number of terminal acetylenes is 1. The van der Waals surface area contributed by atoms with Crippen LogP contribution in [0.3, 0.4) is 0 Å². The highest BCUT2D eigenvalue weighted by atomic mass is 15.4. The Bertz CT molecular complexity index is 484. The largest absolute Gasteiger partial charge is 0.370 e. The third-order valence-corrected chi connectivity index (χ3v) is 3.31. The summed E-state index contributed by atoms with van der Waals surface area (Å²) in [7, 11) is 0. The van der Waals surface area contributed by atoms with Crippen LogP contribution in [0.1, 0.15) is 13.3 Å². The van der Waals surface area contributed by atoms with Crippen LogP contribution in [0.2, 0.25) is 0 Å². The molecule has 1 aliphatic rings. The highest BCUT2D eigenvalue weighted by Crippen LogP contribution is 2.09. The summed E-state index contributed by atoms with van der Waals surface area (Å²) in [5.41, 5.74) is 6.02. The lowest BCUT2D eigenvalue weighted by molar-refractivity contribution is 0.377. The van der Waals surface area contributed by atoms with Gasteiger partial charge in [-0.05, 0) is 12.5 Å². The van der Waals surface area contributed by atoms with Gasteiger partial charge in [0.25, 0.3) is 0 Å². The molecule has 1 atom stereocenters. The maximum atomic E-state index is 6.02. The average molecular weight is 272 g/mol. The Balaban J connectivity index is 1.93. The Morgan fingerprint density at radius 1 is 1.40 bits per heavy atom. The van der Waals surface area contributed by atoms with Gasteiger partial charge in [0, 0.05) is 38.6 Å². The van der Waals surface area contributed by atoms with E-state index in [1.54, 1.807) is 12.4 Å². The molecular formula is C14H20N6. The quantitative estimate of drug-likeness (QED) is 0.487. The van der Waals surface area contributed by atoms with Crippen molar-refractivity contribution in [1.29, 1.82) is 0 Å². The second kappa shape index (κ2) is 6.75. The van der Waals surface area contributed by atoms with Crippen molar-refractivity contribution >= 4 is 11.9 Å². The number of anilines is 1. The van der Waals surface area contributed by atoms with Gasteiger partial charge in [-0.1, -0.05) is 12.8 Å². The van der Waals surface area contributed by atoms with Crippen LogP contribution in [-0.4, -0.2) is 53.0 Å². The van der Waals surface area contributed by atoms with Gasteiger partial charge in [-0.3, -0.25) is 0 Å². The zero-order chi connectivity index (χ0) is 14.4. The highest BCUT2D eigenvalue weighted by Gasteiger charge is 2.20. The SMILES string of the molecule is C#CC(CC)N=C(N)N1CCN(c2ncccn2)CC1. The lowest BCUT2D eigenvalue weighted by Gasteiger charge is -2.35.